The van der Waals surface area contributed by atoms with Crippen molar-refractivity contribution in [2.75, 3.05) is 6.54 Å². The number of guanidine groups is 1. The van der Waals surface area contributed by atoms with E-state index in [2.05, 4.69) is 11.4 Å². The molecule has 41 heavy (non-hydrogen) atoms. The number of aliphatic imine (C=N–C) groups is 1. The Bertz CT molecular complexity index is 1790. The van der Waals surface area contributed by atoms with E-state index in [1.165, 1.54) is 9.25 Å². The van der Waals surface area contributed by atoms with E-state index >= 15 is 0 Å². The van der Waals surface area contributed by atoms with Crippen LogP contribution in [-0.4, -0.2) is 37.2 Å². The second kappa shape index (κ2) is 9.92. The molecule has 2 atom stereocenters. The van der Waals surface area contributed by atoms with E-state index in [1.807, 2.05) is 71.6 Å². The molecule has 0 bridgehead atoms. The molecule has 4 aromatic rings. The van der Waals surface area contributed by atoms with Gasteiger partial charge in [0, 0.05) is 12.1 Å². The molecule has 1 aromatic heterocycles. The summed E-state index contributed by atoms with van der Waals surface area (Å²) in [6.07, 6.45) is 5.70. The van der Waals surface area contributed by atoms with Crippen LogP contribution in [-0.2, 0) is 12.2 Å². The summed E-state index contributed by atoms with van der Waals surface area (Å²) in [6, 6.07) is 27.7. The van der Waals surface area contributed by atoms with Crippen LogP contribution >= 0.6 is 0 Å². The van der Waals surface area contributed by atoms with Crippen molar-refractivity contribution < 1.29 is 4.79 Å². The maximum Gasteiger partial charge on any atom is 0.354 e. The van der Waals surface area contributed by atoms with Crippen LogP contribution < -0.4 is 16.7 Å². The predicted octanol–water partition coefficient (Wildman–Crippen LogP) is 3.81. The Kier molecular flexibility index (Phi) is 6.07. The number of nitrogens with one attached hydrogen (secondary N) is 1. The van der Waals surface area contributed by atoms with Crippen molar-refractivity contribution in [2.24, 2.45) is 4.99 Å². The molecule has 1 N–H and O–H groups in total. The average molecular weight is 547 g/mol. The fourth-order valence-corrected chi connectivity index (χ4v) is 6.35. The van der Waals surface area contributed by atoms with Crippen LogP contribution in [0.3, 0.4) is 0 Å². The van der Waals surface area contributed by atoms with Crippen molar-refractivity contribution in [1.82, 2.24) is 24.1 Å². The van der Waals surface area contributed by atoms with Crippen molar-refractivity contribution in [3.63, 3.8) is 0 Å². The molecule has 3 aromatic carbocycles. The van der Waals surface area contributed by atoms with Crippen LogP contribution in [0.5, 0.6) is 0 Å². The largest absolute Gasteiger partial charge is 0.354 e. The summed E-state index contributed by atoms with van der Waals surface area (Å²) in [6.45, 7) is 0.766. The van der Waals surface area contributed by atoms with Gasteiger partial charge in [-0.2, -0.15) is 4.68 Å². The number of allylic oxidation sites excluding steroid dienone is 1. The Labute approximate surface area is 236 Å². The minimum absolute atomic E-state index is 0.194. The number of fused-ring (bicyclic) bond motifs is 4. The number of carbonyl (C=O) groups excluding carboxylic acids is 1. The van der Waals surface area contributed by atoms with E-state index in [0.717, 1.165) is 36.8 Å². The molecule has 0 saturated heterocycles. The van der Waals surface area contributed by atoms with Gasteiger partial charge in [0.1, 0.15) is 0 Å². The van der Waals surface area contributed by atoms with Gasteiger partial charge < -0.3 is 4.90 Å². The zero-order chi connectivity index (χ0) is 28.0. The van der Waals surface area contributed by atoms with E-state index in [-0.39, 0.29) is 17.6 Å². The first-order valence-electron chi connectivity index (χ1n) is 14.0. The highest BCUT2D eigenvalue weighted by Gasteiger charge is 2.48. The van der Waals surface area contributed by atoms with E-state index in [9.17, 15) is 14.4 Å². The molecule has 1 unspecified atom stereocenters. The highest BCUT2D eigenvalue weighted by Crippen LogP contribution is 2.41. The zero-order valence-electron chi connectivity index (χ0n) is 22.5. The van der Waals surface area contributed by atoms with Crippen LogP contribution in [0.2, 0.25) is 0 Å². The van der Waals surface area contributed by atoms with Gasteiger partial charge in [0.2, 0.25) is 5.96 Å². The summed E-state index contributed by atoms with van der Waals surface area (Å²) in [5.41, 5.74) is 1.18. The van der Waals surface area contributed by atoms with Crippen LogP contribution in [0.1, 0.15) is 47.6 Å². The Hall–Kier alpha value is -4.92. The molecule has 7 rings (SSSR count). The first-order valence-corrected chi connectivity index (χ1v) is 14.0. The third kappa shape index (κ3) is 4.25. The fourth-order valence-electron chi connectivity index (χ4n) is 6.35. The van der Waals surface area contributed by atoms with Gasteiger partial charge >= 0.3 is 11.4 Å². The van der Waals surface area contributed by atoms with Crippen molar-refractivity contribution in [2.45, 2.75) is 43.9 Å². The lowest BCUT2D eigenvalue weighted by Crippen LogP contribution is -2.50. The number of rotatable bonds is 4. The van der Waals surface area contributed by atoms with Gasteiger partial charge in [-0.05, 0) is 60.7 Å². The molecule has 3 heterocycles. The molecule has 9 heteroatoms. The lowest BCUT2D eigenvalue weighted by molar-refractivity contribution is 0.0972. The molecule has 1 fully saturated rings. The van der Waals surface area contributed by atoms with Gasteiger partial charge in [-0.15, -0.1) is 0 Å². The number of hydrogen-bond donors (Lipinski definition) is 1. The zero-order valence-corrected chi connectivity index (χ0v) is 22.5. The Morgan fingerprint density at radius 3 is 2.29 bits per heavy atom. The maximum absolute atomic E-state index is 14.2. The third-order valence-electron chi connectivity index (χ3n) is 8.19. The molecule has 2 aliphatic heterocycles. The van der Waals surface area contributed by atoms with Crippen LogP contribution in [0.15, 0.2) is 117 Å². The van der Waals surface area contributed by atoms with Crippen LogP contribution in [0, 0.1) is 0 Å². The number of para-hydroxylation sites is 1. The predicted molar refractivity (Wildman–Crippen MR) is 156 cm³/mol. The molecule has 9 nitrogen and oxygen atoms in total. The van der Waals surface area contributed by atoms with Crippen molar-refractivity contribution in [3.05, 3.63) is 135 Å². The summed E-state index contributed by atoms with van der Waals surface area (Å²) in [4.78, 5) is 48.5. The Morgan fingerprint density at radius 2 is 1.56 bits per heavy atom. The van der Waals surface area contributed by atoms with E-state index in [1.54, 1.807) is 28.9 Å². The highest BCUT2D eigenvalue weighted by molar-refractivity contribution is 6.06. The minimum Gasteiger partial charge on any atom is -0.333 e. The second-order valence-electron chi connectivity index (χ2n) is 10.8. The minimum atomic E-state index is -1.19. The molecular formula is C32H30N6O3. The lowest BCUT2D eigenvalue weighted by atomic mass is 9.86. The van der Waals surface area contributed by atoms with Gasteiger partial charge in [-0.25, -0.2) is 23.8 Å². The van der Waals surface area contributed by atoms with Crippen LogP contribution in [0.4, 0.5) is 0 Å². The maximum atomic E-state index is 14.2. The van der Waals surface area contributed by atoms with Crippen molar-refractivity contribution in [1.29, 1.82) is 0 Å². The van der Waals surface area contributed by atoms with Gasteiger partial charge in [0.25, 0.3) is 5.91 Å². The fraction of sp³-hybridized carbons (Fsp3) is 0.250. The first kappa shape index (κ1) is 25.1. The summed E-state index contributed by atoms with van der Waals surface area (Å²) >= 11 is 0. The van der Waals surface area contributed by atoms with Gasteiger partial charge in [-0.3, -0.25) is 10.1 Å². The second-order valence-corrected chi connectivity index (χ2v) is 10.8. The molecule has 1 saturated carbocycles. The number of benzene rings is 3. The normalized spacial score (nSPS) is 21.2. The molecule has 1 spiro atoms. The van der Waals surface area contributed by atoms with Gasteiger partial charge in [0.15, 0.2) is 5.66 Å². The number of carbonyl (C=O) groups is 1. The molecule has 1 amide bonds. The van der Waals surface area contributed by atoms with E-state index in [4.69, 9.17) is 4.99 Å². The quantitative estimate of drug-likeness (QED) is 0.394. The standard InChI is InChI=1S/C32H30N6O3/c39-28(24-14-6-2-7-15-24)33-29-34-32(22-35(29)21-23-12-4-1-5-13-23)20-25-16-10-11-19-27(25)37-30(40)36(31(41)38(32)37)26-17-8-3-9-18-26/h1-9,12-15,17-18,20,27H,10-11,16,19,21-22H2,(H,33,34,39)/t27?,32-/m1/s1. The summed E-state index contributed by atoms with van der Waals surface area (Å²) < 4.78 is 4.39. The number of aromatic nitrogens is 3. The first-order chi connectivity index (χ1) is 20.0. The number of hydrogen-bond acceptors (Lipinski definition) is 5. The molecule has 206 valence electrons. The number of nitrogens with zero attached hydrogens (tertiary/aromatic N) is 5. The SMILES string of the molecule is O=C(NC1=N[C@@]2(C=C3CCCCC3n3c(=O)n(-c4ccccc4)c(=O)n32)CN1Cc1ccccc1)c1ccccc1. The molecule has 1 aliphatic carbocycles. The molecule has 3 aliphatic rings. The Morgan fingerprint density at radius 1 is 0.878 bits per heavy atom. The van der Waals surface area contributed by atoms with E-state index < -0.39 is 11.4 Å². The average Bonchev–Trinajstić information content (AvgIpc) is 3.47. The van der Waals surface area contributed by atoms with E-state index in [0.29, 0.717) is 30.3 Å². The number of amides is 1. The monoisotopic (exact) mass is 546 g/mol. The lowest BCUT2D eigenvalue weighted by Gasteiger charge is -2.38. The molecular weight excluding hydrogens is 516 g/mol. The Balaban J connectivity index is 1.40. The third-order valence-corrected chi connectivity index (χ3v) is 8.19. The van der Waals surface area contributed by atoms with Crippen molar-refractivity contribution >= 4 is 11.9 Å². The topological polar surface area (TPSA) is 93.6 Å². The highest BCUT2D eigenvalue weighted by atomic mass is 16.2. The molecule has 0 radical (unpaired) electrons. The van der Waals surface area contributed by atoms with Crippen molar-refractivity contribution in [3.8, 4) is 5.69 Å². The summed E-state index contributed by atoms with van der Waals surface area (Å²) in [5, 5.41) is 3.01. The summed E-state index contributed by atoms with van der Waals surface area (Å²) in [7, 11) is 0. The summed E-state index contributed by atoms with van der Waals surface area (Å²) in [5.74, 6) is 0.0808. The van der Waals surface area contributed by atoms with Crippen LogP contribution in [0.25, 0.3) is 5.69 Å². The smallest absolute Gasteiger partial charge is 0.333 e. The van der Waals surface area contributed by atoms with Gasteiger partial charge in [0.05, 0.1) is 18.3 Å². The van der Waals surface area contributed by atoms with Gasteiger partial charge in [-0.1, -0.05) is 73.2 Å².